The quantitative estimate of drug-likeness (QED) is 0.597. The number of halogens is 1. The van der Waals surface area contributed by atoms with Gasteiger partial charge in [-0.2, -0.15) is 0 Å². The molecule has 1 amide bonds. The van der Waals surface area contributed by atoms with Crippen LogP contribution in [0.15, 0.2) is 12.1 Å². The van der Waals surface area contributed by atoms with Gasteiger partial charge >= 0.3 is 5.97 Å². The number of benzene rings is 1. The number of methoxy groups -OCH3 is 1. The van der Waals surface area contributed by atoms with Crippen molar-refractivity contribution in [2.24, 2.45) is 0 Å². The van der Waals surface area contributed by atoms with E-state index in [0.717, 1.165) is 12.5 Å². The molecule has 2 aromatic rings. The summed E-state index contributed by atoms with van der Waals surface area (Å²) in [6.07, 6.45) is 1.83. The monoisotopic (exact) mass is 323 g/mol. The molecule has 6 nitrogen and oxygen atoms in total. The molecule has 22 heavy (non-hydrogen) atoms. The molecule has 1 aromatic carbocycles. The molecule has 1 aromatic heterocycles. The Bertz CT molecular complexity index is 822. The fourth-order valence-electron chi connectivity index (χ4n) is 2.68. The first-order valence-electron chi connectivity index (χ1n) is 6.78. The minimum absolute atomic E-state index is 0.0949. The maximum absolute atomic E-state index is 13.7. The number of carbonyl (C=O) groups is 2. The summed E-state index contributed by atoms with van der Waals surface area (Å²) in [7, 11) is 1.28. The lowest BCUT2D eigenvalue weighted by molar-refractivity contribution is -0.152. The summed E-state index contributed by atoms with van der Waals surface area (Å²) < 4.78 is 18.7. The molecule has 3 rings (SSSR count). The van der Waals surface area contributed by atoms with Crippen molar-refractivity contribution < 1.29 is 18.7 Å². The molecule has 1 saturated carbocycles. The van der Waals surface area contributed by atoms with Crippen molar-refractivity contribution >= 4 is 35.1 Å². The summed E-state index contributed by atoms with van der Waals surface area (Å²) >= 11 is 4.97. The lowest BCUT2D eigenvalue weighted by atomic mass is 9.76. The number of amides is 1. The Hall–Kier alpha value is -2.22. The van der Waals surface area contributed by atoms with Gasteiger partial charge in [-0.3, -0.25) is 4.79 Å². The fourth-order valence-corrected chi connectivity index (χ4v) is 2.89. The molecule has 3 N–H and O–H groups in total. The van der Waals surface area contributed by atoms with E-state index in [0.29, 0.717) is 28.6 Å². The van der Waals surface area contributed by atoms with Crippen LogP contribution in [0.1, 0.15) is 29.6 Å². The summed E-state index contributed by atoms with van der Waals surface area (Å²) in [5, 5.41) is 2.68. The van der Waals surface area contributed by atoms with Gasteiger partial charge in [-0.25, -0.2) is 9.18 Å². The highest BCUT2D eigenvalue weighted by atomic mass is 32.1. The van der Waals surface area contributed by atoms with E-state index in [-0.39, 0.29) is 5.56 Å². The van der Waals surface area contributed by atoms with Gasteiger partial charge in [0.05, 0.1) is 23.7 Å². The summed E-state index contributed by atoms with van der Waals surface area (Å²) in [5.41, 5.74) is -0.117. The molecular formula is C14H14FN3O3S. The van der Waals surface area contributed by atoms with Crippen LogP contribution >= 0.6 is 12.2 Å². The maximum Gasteiger partial charge on any atom is 0.331 e. The van der Waals surface area contributed by atoms with E-state index in [1.54, 1.807) is 0 Å². The molecule has 1 aliphatic carbocycles. The first kappa shape index (κ1) is 14.7. The highest BCUT2D eigenvalue weighted by Gasteiger charge is 2.46. The van der Waals surface area contributed by atoms with Gasteiger partial charge in [0.25, 0.3) is 5.91 Å². The number of carbonyl (C=O) groups excluding carboxylic acids is 2. The topological polar surface area (TPSA) is 87.0 Å². The van der Waals surface area contributed by atoms with Crippen LogP contribution in [0.4, 0.5) is 4.39 Å². The molecule has 0 spiro atoms. The average Bonchev–Trinajstić information content (AvgIpc) is 2.80. The van der Waals surface area contributed by atoms with Crippen LogP contribution in [0.25, 0.3) is 11.0 Å². The van der Waals surface area contributed by atoms with Crippen molar-refractivity contribution in [2.75, 3.05) is 7.11 Å². The normalized spacial score (nSPS) is 16.1. The second-order valence-electron chi connectivity index (χ2n) is 5.34. The lowest BCUT2D eigenvalue weighted by Gasteiger charge is -2.39. The molecule has 0 unspecified atom stereocenters. The number of H-pyrrole nitrogens is 2. The maximum atomic E-state index is 13.7. The molecule has 8 heteroatoms. The number of aromatic nitrogens is 2. The number of hydrogen-bond donors (Lipinski definition) is 3. The standard InChI is InChI=1S/C14H14FN3O3S/c1-21-12(20)14(3-2-4-14)18-11(19)8-5-7(15)6-9-10(8)17-13(22)16-9/h5-6H,2-4H2,1H3,(H,18,19)(H2,16,17,22). The van der Waals surface area contributed by atoms with Crippen LogP contribution in [-0.2, 0) is 9.53 Å². The highest BCUT2D eigenvalue weighted by Crippen LogP contribution is 2.33. The Kier molecular flexibility index (Phi) is 3.48. The van der Waals surface area contributed by atoms with E-state index in [1.165, 1.54) is 13.2 Å². The van der Waals surface area contributed by atoms with E-state index >= 15 is 0 Å². The predicted molar refractivity (Wildman–Crippen MR) is 79.5 cm³/mol. The van der Waals surface area contributed by atoms with Gasteiger partial charge in [0.1, 0.15) is 11.4 Å². The Morgan fingerprint density at radius 2 is 2.09 bits per heavy atom. The number of fused-ring (bicyclic) bond motifs is 1. The molecule has 116 valence electrons. The SMILES string of the molecule is COC(=O)C1(NC(=O)c2cc(F)cc3[nH]c(=S)[nH]c23)CCC1. The van der Waals surface area contributed by atoms with Crippen molar-refractivity contribution in [1.29, 1.82) is 0 Å². The summed E-state index contributed by atoms with van der Waals surface area (Å²) in [6, 6.07) is 2.36. The Balaban J connectivity index is 1.99. The van der Waals surface area contributed by atoms with Crippen molar-refractivity contribution in [3.8, 4) is 0 Å². The van der Waals surface area contributed by atoms with Crippen molar-refractivity contribution in [2.45, 2.75) is 24.8 Å². The van der Waals surface area contributed by atoms with Crippen molar-refractivity contribution in [1.82, 2.24) is 15.3 Å². The average molecular weight is 323 g/mol. The van der Waals surface area contributed by atoms with Gasteiger partial charge in [-0.1, -0.05) is 0 Å². The van der Waals surface area contributed by atoms with Crippen molar-refractivity contribution in [3.63, 3.8) is 0 Å². The van der Waals surface area contributed by atoms with Gasteiger partial charge in [0.15, 0.2) is 4.77 Å². The highest BCUT2D eigenvalue weighted by molar-refractivity contribution is 7.71. The van der Waals surface area contributed by atoms with Gasteiger partial charge in [0.2, 0.25) is 0 Å². The zero-order valence-electron chi connectivity index (χ0n) is 11.8. The van der Waals surface area contributed by atoms with E-state index in [4.69, 9.17) is 17.0 Å². The zero-order valence-corrected chi connectivity index (χ0v) is 12.6. The number of hydrogen-bond acceptors (Lipinski definition) is 4. The molecular weight excluding hydrogens is 309 g/mol. The smallest absolute Gasteiger partial charge is 0.331 e. The Morgan fingerprint density at radius 3 is 2.68 bits per heavy atom. The number of ether oxygens (including phenoxy) is 1. The molecule has 1 fully saturated rings. The van der Waals surface area contributed by atoms with Crippen LogP contribution in [0.3, 0.4) is 0 Å². The minimum Gasteiger partial charge on any atom is -0.467 e. The minimum atomic E-state index is -1.02. The molecule has 0 atom stereocenters. The second kappa shape index (κ2) is 5.20. The van der Waals surface area contributed by atoms with Crippen molar-refractivity contribution in [3.05, 3.63) is 28.3 Å². The fraction of sp³-hybridized carbons (Fsp3) is 0.357. The first-order valence-corrected chi connectivity index (χ1v) is 7.18. The number of esters is 1. The number of aromatic amines is 2. The van der Waals surface area contributed by atoms with Crippen LogP contribution in [-0.4, -0.2) is 34.5 Å². The zero-order chi connectivity index (χ0) is 15.9. The van der Waals surface area contributed by atoms with Gasteiger partial charge in [0, 0.05) is 0 Å². The largest absolute Gasteiger partial charge is 0.467 e. The van der Waals surface area contributed by atoms with Gasteiger partial charge in [-0.05, 0) is 43.6 Å². The molecule has 0 saturated heterocycles. The third-order valence-corrected chi connectivity index (χ3v) is 4.17. The molecule has 1 heterocycles. The van der Waals surface area contributed by atoms with Crippen LogP contribution in [0.5, 0.6) is 0 Å². The lowest BCUT2D eigenvalue weighted by Crippen LogP contribution is -2.59. The van der Waals surface area contributed by atoms with E-state index in [1.807, 2.05) is 0 Å². The van der Waals surface area contributed by atoms with E-state index in [2.05, 4.69) is 15.3 Å². The summed E-state index contributed by atoms with van der Waals surface area (Å²) in [5.74, 6) is -1.59. The Morgan fingerprint density at radius 1 is 1.36 bits per heavy atom. The van der Waals surface area contributed by atoms with E-state index in [9.17, 15) is 14.0 Å². The van der Waals surface area contributed by atoms with E-state index < -0.39 is 23.2 Å². The molecule has 0 aliphatic heterocycles. The third-order valence-electron chi connectivity index (χ3n) is 3.97. The van der Waals surface area contributed by atoms with Crippen LogP contribution < -0.4 is 5.32 Å². The third kappa shape index (κ3) is 2.29. The first-order chi connectivity index (χ1) is 10.4. The number of rotatable bonds is 3. The second-order valence-corrected chi connectivity index (χ2v) is 5.74. The predicted octanol–water partition coefficient (Wildman–Crippen LogP) is 2.19. The summed E-state index contributed by atoms with van der Waals surface area (Å²) in [4.78, 5) is 30.0. The van der Waals surface area contributed by atoms with Gasteiger partial charge in [-0.15, -0.1) is 0 Å². The van der Waals surface area contributed by atoms with Crippen LogP contribution in [0, 0.1) is 10.6 Å². The number of nitrogens with one attached hydrogen (secondary N) is 3. The number of imidazole rings is 1. The molecule has 1 aliphatic rings. The molecule has 0 radical (unpaired) electrons. The Labute approximate surface area is 130 Å². The summed E-state index contributed by atoms with van der Waals surface area (Å²) in [6.45, 7) is 0. The molecule has 0 bridgehead atoms. The van der Waals surface area contributed by atoms with Crippen LogP contribution in [0.2, 0.25) is 0 Å². The van der Waals surface area contributed by atoms with Gasteiger partial charge < -0.3 is 20.0 Å².